The first-order valence-corrected chi connectivity index (χ1v) is 13.9. The fourth-order valence-corrected chi connectivity index (χ4v) is 4.90. The molecule has 208 valence electrons. The van der Waals surface area contributed by atoms with Crippen molar-refractivity contribution in [2.45, 2.75) is 39.2 Å². The van der Waals surface area contributed by atoms with Crippen LogP contribution in [0.15, 0.2) is 109 Å². The van der Waals surface area contributed by atoms with Crippen LogP contribution in [0, 0.1) is 6.92 Å². The Morgan fingerprint density at radius 2 is 1.51 bits per heavy atom. The fourth-order valence-electron chi connectivity index (χ4n) is 4.90. The highest BCUT2D eigenvalue weighted by molar-refractivity contribution is 6.51. The quantitative estimate of drug-likeness (QED) is 0.0943. The number of anilines is 1. The smallest absolute Gasteiger partial charge is 0.300 e. The van der Waals surface area contributed by atoms with Gasteiger partial charge in [0.2, 0.25) is 0 Å². The molecule has 1 N–H and O–H groups in total. The zero-order valence-corrected chi connectivity index (χ0v) is 23.2. The van der Waals surface area contributed by atoms with Crippen LogP contribution in [0.25, 0.3) is 5.76 Å². The van der Waals surface area contributed by atoms with Crippen molar-refractivity contribution in [2.75, 3.05) is 11.5 Å². The predicted molar refractivity (Wildman–Crippen MR) is 160 cm³/mol. The highest BCUT2D eigenvalue weighted by atomic mass is 16.5. The molecule has 4 aromatic rings. The lowest BCUT2D eigenvalue weighted by atomic mass is 9.95. The molecule has 1 amide bonds. The van der Waals surface area contributed by atoms with Crippen LogP contribution in [-0.2, 0) is 9.59 Å². The van der Waals surface area contributed by atoms with E-state index in [1.54, 1.807) is 30.3 Å². The van der Waals surface area contributed by atoms with Gasteiger partial charge in [0, 0.05) is 11.3 Å². The standard InChI is InChI=1S/C35H33NO5/c1-3-4-8-22-40-28-20-16-25(17-21-28)33(37)31-32(36(35(39)34(31)38)27-18-14-24(2)15-19-27)26-10-9-13-30(23-26)41-29-11-6-5-7-12-29/h5-7,9-21,23,32,37H,3-4,8,22H2,1-2H3/b33-31-. The molecule has 6 nitrogen and oxygen atoms in total. The number of aliphatic hydroxyl groups is 1. The fraction of sp³-hybridized carbons (Fsp3) is 0.200. The number of carbonyl (C=O) groups is 2. The van der Waals surface area contributed by atoms with Crippen molar-refractivity contribution in [1.82, 2.24) is 0 Å². The Kier molecular flexibility index (Phi) is 8.49. The molecule has 4 aromatic carbocycles. The number of aryl methyl sites for hydroxylation is 1. The van der Waals surface area contributed by atoms with E-state index in [4.69, 9.17) is 9.47 Å². The average Bonchev–Trinajstić information content (AvgIpc) is 3.26. The van der Waals surface area contributed by atoms with Gasteiger partial charge in [-0.2, -0.15) is 0 Å². The molecule has 1 unspecified atom stereocenters. The summed E-state index contributed by atoms with van der Waals surface area (Å²) in [5.74, 6) is 0.199. The molecular formula is C35H33NO5. The SMILES string of the molecule is CCCCCOc1ccc(/C(O)=C2/C(=O)C(=O)N(c3ccc(C)cc3)C2c2cccc(Oc3ccccc3)c2)cc1. The summed E-state index contributed by atoms with van der Waals surface area (Å²) in [6.07, 6.45) is 3.17. The third-order valence-electron chi connectivity index (χ3n) is 7.05. The van der Waals surface area contributed by atoms with Gasteiger partial charge in [0.15, 0.2) is 0 Å². The molecule has 1 saturated heterocycles. The lowest BCUT2D eigenvalue weighted by molar-refractivity contribution is -0.132. The van der Waals surface area contributed by atoms with E-state index in [1.807, 2.05) is 79.7 Å². The van der Waals surface area contributed by atoms with E-state index >= 15 is 0 Å². The lowest BCUT2D eigenvalue weighted by Gasteiger charge is -2.26. The minimum atomic E-state index is -0.859. The van der Waals surface area contributed by atoms with E-state index in [-0.39, 0.29) is 11.3 Å². The maximum atomic E-state index is 13.5. The molecule has 1 aliphatic heterocycles. The Morgan fingerprint density at radius 1 is 0.805 bits per heavy atom. The first kappa shape index (κ1) is 27.7. The number of benzene rings is 4. The number of hydrogen-bond acceptors (Lipinski definition) is 5. The second-order valence-corrected chi connectivity index (χ2v) is 10.1. The number of hydrogen-bond donors (Lipinski definition) is 1. The number of amides is 1. The molecule has 6 heteroatoms. The maximum Gasteiger partial charge on any atom is 0.300 e. The van der Waals surface area contributed by atoms with Crippen LogP contribution in [-0.4, -0.2) is 23.4 Å². The number of para-hydroxylation sites is 1. The van der Waals surface area contributed by atoms with Crippen molar-refractivity contribution in [1.29, 1.82) is 0 Å². The van der Waals surface area contributed by atoms with Crippen molar-refractivity contribution >= 4 is 23.1 Å². The largest absolute Gasteiger partial charge is 0.507 e. The van der Waals surface area contributed by atoms with Gasteiger partial charge in [-0.15, -0.1) is 0 Å². The van der Waals surface area contributed by atoms with Crippen molar-refractivity contribution in [3.63, 3.8) is 0 Å². The third-order valence-corrected chi connectivity index (χ3v) is 7.05. The number of unbranched alkanes of at least 4 members (excludes halogenated alkanes) is 2. The second-order valence-electron chi connectivity index (χ2n) is 10.1. The topological polar surface area (TPSA) is 76.1 Å². The molecule has 0 bridgehead atoms. The second kappa shape index (κ2) is 12.6. The van der Waals surface area contributed by atoms with Gasteiger partial charge in [-0.3, -0.25) is 14.5 Å². The summed E-state index contributed by atoms with van der Waals surface area (Å²) in [7, 11) is 0. The minimum Gasteiger partial charge on any atom is -0.507 e. The Bertz CT molecular complexity index is 1540. The zero-order chi connectivity index (χ0) is 28.8. The zero-order valence-electron chi connectivity index (χ0n) is 23.2. The van der Waals surface area contributed by atoms with Crippen molar-refractivity contribution in [3.05, 3.63) is 125 Å². The molecule has 0 radical (unpaired) electrons. The summed E-state index contributed by atoms with van der Waals surface area (Å²) in [6.45, 7) is 4.71. The number of rotatable bonds is 10. The van der Waals surface area contributed by atoms with Gasteiger partial charge >= 0.3 is 0 Å². The number of ketones is 1. The summed E-state index contributed by atoms with van der Waals surface area (Å²) < 4.78 is 11.9. The van der Waals surface area contributed by atoms with Gasteiger partial charge in [-0.05, 0) is 79.6 Å². The number of ether oxygens (including phenoxy) is 2. The molecule has 5 rings (SSSR count). The molecule has 0 aromatic heterocycles. The Hall–Kier alpha value is -4.84. The van der Waals surface area contributed by atoms with Crippen LogP contribution >= 0.6 is 0 Å². The molecule has 0 aliphatic carbocycles. The molecule has 1 atom stereocenters. The predicted octanol–water partition coefficient (Wildman–Crippen LogP) is 7.98. The van der Waals surface area contributed by atoms with E-state index in [9.17, 15) is 14.7 Å². The van der Waals surface area contributed by atoms with Crippen LogP contribution in [0.1, 0.15) is 48.9 Å². The molecular weight excluding hydrogens is 514 g/mol. The number of aliphatic hydroxyl groups excluding tert-OH is 1. The Morgan fingerprint density at radius 3 is 2.22 bits per heavy atom. The summed E-state index contributed by atoms with van der Waals surface area (Å²) in [5.41, 5.74) is 2.67. The lowest BCUT2D eigenvalue weighted by Crippen LogP contribution is -2.29. The van der Waals surface area contributed by atoms with Crippen LogP contribution in [0.3, 0.4) is 0 Å². The van der Waals surface area contributed by atoms with Crippen molar-refractivity contribution < 1.29 is 24.2 Å². The normalized spacial score (nSPS) is 16.1. The van der Waals surface area contributed by atoms with E-state index in [2.05, 4.69) is 6.92 Å². The highest BCUT2D eigenvalue weighted by Gasteiger charge is 2.47. The van der Waals surface area contributed by atoms with Crippen LogP contribution in [0.5, 0.6) is 17.2 Å². The van der Waals surface area contributed by atoms with Gasteiger partial charge in [0.05, 0.1) is 18.2 Å². The number of Topliss-reactive ketones (excluding diaryl/α,β-unsaturated/α-hetero) is 1. The van der Waals surface area contributed by atoms with Crippen molar-refractivity contribution in [2.24, 2.45) is 0 Å². The average molecular weight is 548 g/mol. The Labute approximate surface area is 240 Å². The highest BCUT2D eigenvalue weighted by Crippen LogP contribution is 2.43. The van der Waals surface area contributed by atoms with E-state index in [0.29, 0.717) is 40.7 Å². The molecule has 1 aliphatic rings. The molecule has 0 spiro atoms. The first-order valence-electron chi connectivity index (χ1n) is 13.9. The maximum absolute atomic E-state index is 13.5. The summed E-state index contributed by atoms with van der Waals surface area (Å²) >= 11 is 0. The summed E-state index contributed by atoms with van der Waals surface area (Å²) in [5, 5.41) is 11.5. The van der Waals surface area contributed by atoms with E-state index < -0.39 is 17.7 Å². The van der Waals surface area contributed by atoms with Gasteiger partial charge in [0.25, 0.3) is 11.7 Å². The van der Waals surface area contributed by atoms with E-state index in [0.717, 1.165) is 24.8 Å². The van der Waals surface area contributed by atoms with Gasteiger partial charge in [-0.25, -0.2) is 0 Å². The number of carbonyl (C=O) groups excluding carboxylic acids is 2. The van der Waals surface area contributed by atoms with Crippen LogP contribution in [0.4, 0.5) is 5.69 Å². The summed E-state index contributed by atoms with van der Waals surface area (Å²) in [4.78, 5) is 28.5. The van der Waals surface area contributed by atoms with Gasteiger partial charge in [-0.1, -0.05) is 67.8 Å². The number of nitrogens with zero attached hydrogens (tertiary/aromatic N) is 1. The monoisotopic (exact) mass is 547 g/mol. The first-order chi connectivity index (χ1) is 20.0. The van der Waals surface area contributed by atoms with Crippen LogP contribution < -0.4 is 14.4 Å². The summed E-state index contributed by atoms with van der Waals surface area (Å²) in [6, 6.07) is 30.1. The molecule has 0 saturated carbocycles. The van der Waals surface area contributed by atoms with Crippen molar-refractivity contribution in [3.8, 4) is 17.2 Å². The Balaban J connectivity index is 1.55. The van der Waals surface area contributed by atoms with Crippen LogP contribution in [0.2, 0.25) is 0 Å². The molecule has 1 fully saturated rings. The third kappa shape index (κ3) is 6.17. The van der Waals surface area contributed by atoms with E-state index in [1.165, 1.54) is 4.90 Å². The molecule has 1 heterocycles. The van der Waals surface area contributed by atoms with Gasteiger partial charge in [0.1, 0.15) is 23.0 Å². The molecule has 41 heavy (non-hydrogen) atoms. The van der Waals surface area contributed by atoms with Gasteiger partial charge < -0.3 is 14.6 Å². The minimum absolute atomic E-state index is 0.0176.